The van der Waals surface area contributed by atoms with E-state index in [1.54, 1.807) is 11.3 Å². The van der Waals surface area contributed by atoms with Gasteiger partial charge in [0, 0.05) is 43.5 Å². The van der Waals surface area contributed by atoms with Crippen LogP contribution in [0.25, 0.3) is 10.6 Å². The first kappa shape index (κ1) is 20.9. The first-order valence-corrected chi connectivity index (χ1v) is 12.0. The molecule has 2 aliphatic heterocycles. The molecular weight excluding hydrogens is 422 g/mol. The Morgan fingerprint density at radius 1 is 0.938 bits per heavy atom. The number of nitrogens with zero attached hydrogens (tertiary/aromatic N) is 4. The summed E-state index contributed by atoms with van der Waals surface area (Å²) in [5.41, 5.74) is 2.92. The first-order valence-electron chi connectivity index (χ1n) is 11.1. The average Bonchev–Trinajstić information content (AvgIpc) is 3.40. The van der Waals surface area contributed by atoms with Gasteiger partial charge in [0.1, 0.15) is 5.69 Å². The van der Waals surface area contributed by atoms with Gasteiger partial charge < -0.3 is 19.9 Å². The maximum Gasteiger partial charge on any atom is 0.227 e. The van der Waals surface area contributed by atoms with Gasteiger partial charge in [-0.15, -0.1) is 21.5 Å². The van der Waals surface area contributed by atoms with Gasteiger partial charge in [0.15, 0.2) is 5.82 Å². The lowest BCUT2D eigenvalue weighted by Crippen LogP contribution is -2.38. The molecule has 32 heavy (non-hydrogen) atoms. The van der Waals surface area contributed by atoms with E-state index in [4.69, 9.17) is 4.74 Å². The Bertz CT molecular complexity index is 1010. The number of benzene rings is 1. The van der Waals surface area contributed by atoms with E-state index in [0.29, 0.717) is 0 Å². The summed E-state index contributed by atoms with van der Waals surface area (Å²) in [6, 6.07) is 16.2. The Kier molecular flexibility index (Phi) is 6.31. The molecule has 4 heterocycles. The van der Waals surface area contributed by atoms with Gasteiger partial charge in [0.05, 0.1) is 18.1 Å². The smallest absolute Gasteiger partial charge is 0.227 e. The van der Waals surface area contributed by atoms with E-state index < -0.39 is 0 Å². The predicted octanol–water partition coefficient (Wildman–Crippen LogP) is 3.90. The highest BCUT2D eigenvalue weighted by molar-refractivity contribution is 7.13. The molecule has 0 bridgehead atoms. The van der Waals surface area contributed by atoms with Crippen molar-refractivity contribution < 1.29 is 9.53 Å². The van der Waals surface area contributed by atoms with Crippen LogP contribution in [0.2, 0.25) is 0 Å². The summed E-state index contributed by atoms with van der Waals surface area (Å²) in [5.74, 6) is 0.995. The lowest BCUT2D eigenvalue weighted by molar-refractivity contribution is -0.120. The van der Waals surface area contributed by atoms with Crippen molar-refractivity contribution in [2.75, 3.05) is 54.5 Å². The number of carbonyl (C=O) groups excluding carboxylic acids is 1. The highest BCUT2D eigenvalue weighted by Gasteiger charge is 2.26. The van der Waals surface area contributed by atoms with Crippen molar-refractivity contribution in [2.45, 2.75) is 12.8 Å². The molecule has 5 rings (SSSR count). The minimum absolute atomic E-state index is 0.0171. The molecule has 0 spiro atoms. The van der Waals surface area contributed by atoms with Crippen LogP contribution in [0.4, 0.5) is 17.2 Å². The Morgan fingerprint density at radius 3 is 2.38 bits per heavy atom. The molecule has 7 nitrogen and oxygen atoms in total. The lowest BCUT2D eigenvalue weighted by atomic mass is 9.96. The molecule has 1 N–H and O–H groups in total. The second-order valence-electron chi connectivity index (χ2n) is 8.15. The van der Waals surface area contributed by atoms with E-state index in [-0.39, 0.29) is 11.8 Å². The SMILES string of the molecule is O=C(Nc1ccc(N2CCOCC2)cc1)C1CCN(c2ccc(-c3cccs3)nn2)CC1. The van der Waals surface area contributed by atoms with Crippen molar-refractivity contribution in [2.24, 2.45) is 5.92 Å². The van der Waals surface area contributed by atoms with Gasteiger partial charge in [-0.3, -0.25) is 4.79 Å². The molecule has 2 saturated heterocycles. The Morgan fingerprint density at radius 2 is 1.72 bits per heavy atom. The Labute approximate surface area is 192 Å². The first-order chi connectivity index (χ1) is 15.8. The predicted molar refractivity (Wildman–Crippen MR) is 128 cm³/mol. The minimum atomic E-state index is 0.0171. The summed E-state index contributed by atoms with van der Waals surface area (Å²) in [6.45, 7) is 4.96. The number of aromatic nitrogens is 2. The van der Waals surface area contributed by atoms with Crippen LogP contribution in [0.15, 0.2) is 53.9 Å². The van der Waals surface area contributed by atoms with Crippen molar-refractivity contribution >= 4 is 34.4 Å². The Hall–Kier alpha value is -2.97. The fraction of sp³-hybridized carbons (Fsp3) is 0.375. The zero-order valence-electron chi connectivity index (χ0n) is 17.9. The van der Waals surface area contributed by atoms with Gasteiger partial charge >= 0.3 is 0 Å². The summed E-state index contributed by atoms with van der Waals surface area (Å²) in [4.78, 5) is 18.4. The molecule has 0 atom stereocenters. The molecule has 2 aliphatic rings. The van der Waals surface area contributed by atoms with Gasteiger partial charge in [-0.1, -0.05) is 6.07 Å². The molecule has 8 heteroatoms. The molecular formula is C24H27N5O2S. The third-order valence-corrected chi connectivity index (χ3v) is 7.02. The van der Waals surface area contributed by atoms with Crippen molar-refractivity contribution in [3.8, 4) is 10.6 Å². The number of ether oxygens (including phenoxy) is 1. The van der Waals surface area contributed by atoms with Gasteiger partial charge in [0.2, 0.25) is 5.91 Å². The maximum absolute atomic E-state index is 12.8. The standard InChI is InChI=1S/C24H27N5O2S/c30-24(25-19-3-5-20(6-4-19)28-13-15-31-16-14-28)18-9-11-29(12-10-18)23-8-7-21(26-27-23)22-2-1-17-32-22/h1-8,17-18H,9-16H2,(H,25,30). The number of thiophene rings is 1. The van der Waals surface area contributed by atoms with Gasteiger partial charge in [-0.05, 0) is 60.7 Å². The zero-order chi connectivity index (χ0) is 21.8. The Balaban J connectivity index is 1.13. The van der Waals surface area contributed by atoms with Crippen LogP contribution in [0.1, 0.15) is 12.8 Å². The average molecular weight is 450 g/mol. The van der Waals surface area contributed by atoms with E-state index in [1.807, 2.05) is 35.7 Å². The summed E-state index contributed by atoms with van der Waals surface area (Å²) in [7, 11) is 0. The molecule has 2 fully saturated rings. The monoisotopic (exact) mass is 449 g/mol. The zero-order valence-corrected chi connectivity index (χ0v) is 18.8. The normalized spacial score (nSPS) is 17.4. The number of carbonyl (C=O) groups is 1. The number of piperidine rings is 1. The number of anilines is 3. The topological polar surface area (TPSA) is 70.6 Å². The molecule has 1 amide bonds. The minimum Gasteiger partial charge on any atom is -0.378 e. The highest BCUT2D eigenvalue weighted by Crippen LogP contribution is 2.26. The summed E-state index contributed by atoms with van der Waals surface area (Å²) in [6.07, 6.45) is 1.62. The molecule has 3 aromatic rings. The molecule has 2 aromatic heterocycles. The van der Waals surface area contributed by atoms with Crippen LogP contribution in [-0.4, -0.2) is 55.5 Å². The molecule has 0 unspecified atom stereocenters. The van der Waals surface area contributed by atoms with Crippen LogP contribution in [0.3, 0.4) is 0 Å². The van der Waals surface area contributed by atoms with Gasteiger partial charge in [-0.25, -0.2) is 0 Å². The summed E-state index contributed by atoms with van der Waals surface area (Å²) in [5, 5.41) is 13.9. The number of nitrogens with one attached hydrogen (secondary N) is 1. The van der Waals surface area contributed by atoms with E-state index in [2.05, 4.69) is 43.5 Å². The van der Waals surface area contributed by atoms with Crippen LogP contribution < -0.4 is 15.1 Å². The van der Waals surface area contributed by atoms with E-state index in [9.17, 15) is 4.79 Å². The molecule has 1 aromatic carbocycles. The molecule has 0 saturated carbocycles. The third kappa shape index (κ3) is 4.76. The van der Waals surface area contributed by atoms with Crippen LogP contribution in [0, 0.1) is 5.92 Å². The lowest BCUT2D eigenvalue weighted by Gasteiger charge is -2.32. The van der Waals surface area contributed by atoms with E-state index in [1.165, 1.54) is 5.69 Å². The highest BCUT2D eigenvalue weighted by atomic mass is 32.1. The van der Waals surface area contributed by atoms with Crippen molar-refractivity contribution in [3.05, 3.63) is 53.9 Å². The van der Waals surface area contributed by atoms with E-state index in [0.717, 1.165) is 74.3 Å². The second kappa shape index (κ2) is 9.67. The van der Waals surface area contributed by atoms with Crippen molar-refractivity contribution in [3.63, 3.8) is 0 Å². The van der Waals surface area contributed by atoms with Crippen molar-refractivity contribution in [1.29, 1.82) is 0 Å². The summed E-state index contributed by atoms with van der Waals surface area (Å²) >= 11 is 1.66. The fourth-order valence-corrected chi connectivity index (χ4v) is 4.93. The van der Waals surface area contributed by atoms with Crippen LogP contribution in [-0.2, 0) is 9.53 Å². The summed E-state index contributed by atoms with van der Waals surface area (Å²) < 4.78 is 5.41. The number of hydrogen-bond acceptors (Lipinski definition) is 7. The third-order valence-electron chi connectivity index (χ3n) is 6.12. The largest absolute Gasteiger partial charge is 0.378 e. The maximum atomic E-state index is 12.8. The number of rotatable bonds is 5. The number of hydrogen-bond donors (Lipinski definition) is 1. The quantitative estimate of drug-likeness (QED) is 0.637. The number of morpholine rings is 1. The van der Waals surface area contributed by atoms with Crippen LogP contribution in [0.5, 0.6) is 0 Å². The van der Waals surface area contributed by atoms with Crippen LogP contribution >= 0.6 is 11.3 Å². The molecule has 0 radical (unpaired) electrons. The van der Waals surface area contributed by atoms with Gasteiger partial charge in [0.25, 0.3) is 0 Å². The molecule has 0 aliphatic carbocycles. The molecule has 166 valence electrons. The fourth-order valence-electron chi connectivity index (χ4n) is 4.24. The van der Waals surface area contributed by atoms with Crippen molar-refractivity contribution in [1.82, 2.24) is 10.2 Å². The number of amides is 1. The van der Waals surface area contributed by atoms with E-state index >= 15 is 0 Å². The van der Waals surface area contributed by atoms with Gasteiger partial charge in [-0.2, -0.15) is 0 Å². The second-order valence-corrected chi connectivity index (χ2v) is 9.10.